The Labute approximate surface area is 98.0 Å². The number of ketones is 1. The molecule has 7 heteroatoms. The Morgan fingerprint density at radius 1 is 1.35 bits per heavy atom. The zero-order chi connectivity index (χ0) is 12.6. The molecule has 2 rings (SSSR count). The molecule has 17 heavy (non-hydrogen) atoms. The third kappa shape index (κ3) is 1.67. The number of amides is 1. The van der Waals surface area contributed by atoms with E-state index < -0.39 is 23.9 Å². The number of nitrogens with zero attached hydrogens (tertiary/aromatic N) is 1. The first-order valence-electron chi connectivity index (χ1n) is 5.26. The number of fused-ring (bicyclic) bond motifs is 1. The summed E-state index contributed by atoms with van der Waals surface area (Å²) < 4.78 is 10.6. The van der Waals surface area contributed by atoms with Crippen molar-refractivity contribution in [3.63, 3.8) is 0 Å². The van der Waals surface area contributed by atoms with Crippen molar-refractivity contribution in [2.75, 3.05) is 20.3 Å². The number of hydrogen-bond donors (Lipinski definition) is 1. The second-order valence-electron chi connectivity index (χ2n) is 4.18. The zero-order valence-corrected chi connectivity index (χ0v) is 9.63. The van der Waals surface area contributed by atoms with Crippen LogP contribution in [0, 0.1) is 0 Å². The van der Waals surface area contributed by atoms with E-state index in [1.807, 2.05) is 0 Å². The number of Topliss-reactive ketones (excluding diaryl/α,β-unsaturated/α-hetero) is 1. The van der Waals surface area contributed by atoms with Gasteiger partial charge in [-0.2, -0.15) is 0 Å². The third-order valence-corrected chi connectivity index (χ3v) is 3.04. The number of ether oxygens (including phenoxy) is 2. The van der Waals surface area contributed by atoms with Crippen molar-refractivity contribution >= 4 is 18.0 Å². The van der Waals surface area contributed by atoms with Crippen molar-refractivity contribution < 1.29 is 23.9 Å². The summed E-state index contributed by atoms with van der Waals surface area (Å²) in [6.45, 7) is 1.47. The largest absolute Gasteiger partial charge is 0.356 e. The fourth-order valence-electron chi connectivity index (χ4n) is 2.16. The predicted molar refractivity (Wildman–Crippen MR) is 54.9 cm³/mol. The second kappa shape index (κ2) is 4.17. The van der Waals surface area contributed by atoms with Crippen molar-refractivity contribution in [3.8, 4) is 0 Å². The summed E-state index contributed by atoms with van der Waals surface area (Å²) in [5.41, 5.74) is -1.02. The van der Waals surface area contributed by atoms with Gasteiger partial charge in [0.2, 0.25) is 0 Å². The van der Waals surface area contributed by atoms with Gasteiger partial charge in [0.1, 0.15) is 11.8 Å². The average molecular weight is 242 g/mol. The minimum atomic E-state index is -1.02. The van der Waals surface area contributed by atoms with E-state index in [2.05, 4.69) is 5.32 Å². The quantitative estimate of drug-likeness (QED) is 0.592. The van der Waals surface area contributed by atoms with Gasteiger partial charge in [-0.15, -0.1) is 0 Å². The number of rotatable bonds is 3. The maximum atomic E-state index is 11.6. The van der Waals surface area contributed by atoms with Gasteiger partial charge >= 0.3 is 0 Å². The number of carbonyl (C=O) groups is 3. The van der Waals surface area contributed by atoms with Crippen LogP contribution in [0.5, 0.6) is 0 Å². The topological polar surface area (TPSA) is 84.9 Å². The number of hydrogen-bond acceptors (Lipinski definition) is 6. The molecule has 0 radical (unpaired) electrons. The monoisotopic (exact) mass is 242 g/mol. The van der Waals surface area contributed by atoms with Gasteiger partial charge in [-0.25, -0.2) is 4.90 Å². The molecule has 94 valence electrons. The lowest BCUT2D eigenvalue weighted by molar-refractivity contribution is -0.149. The van der Waals surface area contributed by atoms with Crippen LogP contribution in [0.4, 0.5) is 0 Å². The maximum absolute atomic E-state index is 11.6. The van der Waals surface area contributed by atoms with Crippen molar-refractivity contribution in [2.24, 2.45) is 0 Å². The molecule has 0 spiro atoms. The Morgan fingerprint density at radius 3 is 2.41 bits per heavy atom. The zero-order valence-electron chi connectivity index (χ0n) is 9.63. The smallest absolute Gasteiger partial charge is 0.264 e. The number of nitrogens with one attached hydrogen (secondary N) is 1. The Morgan fingerprint density at radius 2 is 1.94 bits per heavy atom. The van der Waals surface area contributed by atoms with Crippen molar-refractivity contribution in [2.45, 2.75) is 24.9 Å². The van der Waals surface area contributed by atoms with E-state index in [9.17, 15) is 14.4 Å². The first kappa shape index (κ1) is 12.2. The molecular weight excluding hydrogens is 228 g/mol. The van der Waals surface area contributed by atoms with E-state index in [1.165, 1.54) is 18.9 Å². The van der Waals surface area contributed by atoms with Gasteiger partial charge in [-0.3, -0.25) is 9.59 Å². The molecule has 2 fully saturated rings. The third-order valence-electron chi connectivity index (χ3n) is 3.04. The molecule has 0 aromatic heterocycles. The van der Waals surface area contributed by atoms with Gasteiger partial charge in [-0.05, 0) is 6.92 Å². The molecule has 3 atom stereocenters. The van der Waals surface area contributed by atoms with Crippen LogP contribution in [0.2, 0.25) is 0 Å². The Hall–Kier alpha value is -1.31. The van der Waals surface area contributed by atoms with Crippen LogP contribution in [0.25, 0.3) is 0 Å². The minimum absolute atomic E-state index is 0.0539. The molecule has 2 heterocycles. The maximum Gasteiger partial charge on any atom is 0.264 e. The van der Waals surface area contributed by atoms with Crippen LogP contribution in [-0.4, -0.2) is 61.1 Å². The van der Waals surface area contributed by atoms with Crippen LogP contribution in [-0.2, 0) is 23.9 Å². The SMILES string of the molecule is CNC(=O)C1OCC2(C=O)COC(C(C)=O)N12. The second-order valence-corrected chi connectivity index (χ2v) is 4.18. The normalized spacial score (nSPS) is 36.6. The summed E-state index contributed by atoms with van der Waals surface area (Å²) >= 11 is 0. The van der Waals surface area contributed by atoms with Crippen LogP contribution >= 0.6 is 0 Å². The van der Waals surface area contributed by atoms with E-state index in [1.54, 1.807) is 0 Å². The van der Waals surface area contributed by atoms with E-state index in [-0.39, 0.29) is 19.0 Å². The summed E-state index contributed by atoms with van der Waals surface area (Å²) in [7, 11) is 1.46. The highest BCUT2D eigenvalue weighted by molar-refractivity contribution is 5.86. The summed E-state index contributed by atoms with van der Waals surface area (Å²) in [4.78, 5) is 35.7. The van der Waals surface area contributed by atoms with E-state index in [0.29, 0.717) is 6.29 Å². The number of likely N-dealkylation sites (N-methyl/N-ethyl adjacent to an activating group) is 1. The Kier molecular flexibility index (Phi) is 2.98. The molecule has 0 aliphatic carbocycles. The van der Waals surface area contributed by atoms with Gasteiger partial charge in [0, 0.05) is 7.05 Å². The Balaban J connectivity index is 2.33. The minimum Gasteiger partial charge on any atom is -0.356 e. The molecule has 2 aliphatic heterocycles. The standard InChI is InChI=1S/C10H14N2O5/c1-6(14)8-12-9(7(15)11-2)17-5-10(12,3-13)4-16-8/h3,8-9H,4-5H2,1-2H3,(H,11,15). The molecular formula is C10H14N2O5. The molecule has 2 saturated heterocycles. The molecule has 1 N–H and O–H groups in total. The molecule has 0 bridgehead atoms. The van der Waals surface area contributed by atoms with Crippen LogP contribution in [0.15, 0.2) is 0 Å². The molecule has 1 amide bonds. The first-order valence-corrected chi connectivity index (χ1v) is 5.26. The lowest BCUT2D eigenvalue weighted by atomic mass is 10.0. The predicted octanol–water partition coefficient (Wildman–Crippen LogP) is -1.73. The highest BCUT2D eigenvalue weighted by Gasteiger charge is 2.59. The van der Waals surface area contributed by atoms with E-state index in [0.717, 1.165) is 0 Å². The lowest BCUT2D eigenvalue weighted by Gasteiger charge is -2.27. The molecule has 3 unspecified atom stereocenters. The van der Waals surface area contributed by atoms with Gasteiger partial charge in [0.05, 0.1) is 13.2 Å². The fraction of sp³-hybridized carbons (Fsp3) is 0.700. The summed E-state index contributed by atoms with van der Waals surface area (Å²) in [6.07, 6.45) is -1.18. The van der Waals surface area contributed by atoms with Gasteiger partial charge in [0.25, 0.3) is 5.91 Å². The van der Waals surface area contributed by atoms with Crippen molar-refractivity contribution in [1.82, 2.24) is 10.2 Å². The number of aldehydes is 1. The number of carbonyl (C=O) groups excluding carboxylic acids is 3. The van der Waals surface area contributed by atoms with Gasteiger partial charge < -0.3 is 19.6 Å². The highest BCUT2D eigenvalue weighted by Crippen LogP contribution is 2.35. The van der Waals surface area contributed by atoms with Crippen molar-refractivity contribution in [3.05, 3.63) is 0 Å². The van der Waals surface area contributed by atoms with Crippen LogP contribution in [0.3, 0.4) is 0 Å². The summed E-state index contributed by atoms with van der Waals surface area (Å²) in [6, 6.07) is 0. The summed E-state index contributed by atoms with van der Waals surface area (Å²) in [5.74, 6) is -0.654. The van der Waals surface area contributed by atoms with E-state index >= 15 is 0 Å². The molecule has 2 aliphatic rings. The average Bonchev–Trinajstić information content (AvgIpc) is 2.84. The molecule has 7 nitrogen and oxygen atoms in total. The van der Waals surface area contributed by atoms with Gasteiger partial charge in [-0.1, -0.05) is 0 Å². The first-order chi connectivity index (χ1) is 8.05. The van der Waals surface area contributed by atoms with Gasteiger partial charge in [0.15, 0.2) is 18.2 Å². The van der Waals surface area contributed by atoms with E-state index in [4.69, 9.17) is 9.47 Å². The fourth-order valence-corrected chi connectivity index (χ4v) is 2.16. The highest BCUT2D eigenvalue weighted by atomic mass is 16.6. The summed E-state index contributed by atoms with van der Waals surface area (Å²) in [5, 5.41) is 2.43. The Bertz CT molecular complexity index is 372. The molecule has 0 saturated carbocycles. The van der Waals surface area contributed by atoms with Crippen molar-refractivity contribution in [1.29, 1.82) is 0 Å². The lowest BCUT2D eigenvalue weighted by Crippen LogP contribution is -2.55. The molecule has 0 aromatic rings. The van der Waals surface area contributed by atoms with Crippen LogP contribution < -0.4 is 5.32 Å². The van der Waals surface area contributed by atoms with Crippen LogP contribution in [0.1, 0.15) is 6.92 Å². The molecule has 0 aromatic carbocycles.